The molecule has 0 unspecified atom stereocenters. The van der Waals surface area contributed by atoms with Gasteiger partial charge in [0, 0.05) is 24.6 Å². The molecule has 1 saturated heterocycles. The Kier molecular flexibility index (Phi) is 4.93. The number of rotatable bonds is 5. The SMILES string of the molecule is O=C(Cc1ccccc1O)NC[C@H]1CCO[C@H]1c1ccccc1. The molecule has 1 fully saturated rings. The minimum atomic E-state index is -0.0785. The third-order valence-corrected chi connectivity index (χ3v) is 4.25. The van der Waals surface area contributed by atoms with E-state index in [1.54, 1.807) is 18.2 Å². The molecule has 0 aliphatic carbocycles. The molecule has 0 radical (unpaired) electrons. The van der Waals surface area contributed by atoms with Gasteiger partial charge < -0.3 is 15.2 Å². The van der Waals surface area contributed by atoms with Crippen LogP contribution in [0.4, 0.5) is 0 Å². The Balaban J connectivity index is 1.55. The summed E-state index contributed by atoms with van der Waals surface area (Å²) in [5.41, 5.74) is 1.80. The molecule has 0 aromatic heterocycles. The topological polar surface area (TPSA) is 58.6 Å². The van der Waals surface area contributed by atoms with Gasteiger partial charge in [-0.2, -0.15) is 0 Å². The molecule has 120 valence electrons. The summed E-state index contributed by atoms with van der Waals surface area (Å²) in [4.78, 5) is 12.1. The van der Waals surface area contributed by atoms with Crippen molar-refractivity contribution < 1.29 is 14.6 Å². The zero-order valence-corrected chi connectivity index (χ0v) is 12.9. The van der Waals surface area contributed by atoms with Gasteiger partial charge in [-0.3, -0.25) is 4.79 Å². The van der Waals surface area contributed by atoms with Crippen LogP contribution in [0, 0.1) is 5.92 Å². The largest absolute Gasteiger partial charge is 0.508 e. The Morgan fingerprint density at radius 3 is 2.65 bits per heavy atom. The molecule has 0 saturated carbocycles. The quantitative estimate of drug-likeness (QED) is 0.892. The monoisotopic (exact) mass is 311 g/mol. The number of phenols is 1. The molecular weight excluding hydrogens is 290 g/mol. The molecule has 1 amide bonds. The van der Waals surface area contributed by atoms with Crippen LogP contribution < -0.4 is 5.32 Å². The Bertz CT molecular complexity index is 657. The lowest BCUT2D eigenvalue weighted by Gasteiger charge is -2.19. The molecule has 4 nitrogen and oxygen atoms in total. The van der Waals surface area contributed by atoms with Gasteiger partial charge in [-0.05, 0) is 18.1 Å². The van der Waals surface area contributed by atoms with Crippen LogP contribution in [0.25, 0.3) is 0 Å². The summed E-state index contributed by atoms with van der Waals surface area (Å²) >= 11 is 0. The molecule has 2 atom stereocenters. The van der Waals surface area contributed by atoms with Crippen LogP contribution in [0.2, 0.25) is 0 Å². The van der Waals surface area contributed by atoms with E-state index in [9.17, 15) is 9.90 Å². The highest BCUT2D eigenvalue weighted by molar-refractivity contribution is 5.79. The average molecular weight is 311 g/mol. The molecule has 23 heavy (non-hydrogen) atoms. The molecule has 3 rings (SSSR count). The molecular formula is C19H21NO3. The number of carbonyl (C=O) groups is 1. The van der Waals surface area contributed by atoms with Crippen molar-refractivity contribution in [2.45, 2.75) is 18.9 Å². The molecule has 0 bridgehead atoms. The van der Waals surface area contributed by atoms with Gasteiger partial charge in [0.1, 0.15) is 5.75 Å². The highest BCUT2D eigenvalue weighted by Crippen LogP contribution is 2.33. The summed E-state index contributed by atoms with van der Waals surface area (Å²) in [7, 11) is 0. The van der Waals surface area contributed by atoms with E-state index in [4.69, 9.17) is 4.74 Å². The average Bonchev–Trinajstić information content (AvgIpc) is 3.04. The number of hydrogen-bond donors (Lipinski definition) is 2. The standard InChI is InChI=1S/C19H21NO3/c21-17-9-5-4-8-15(17)12-18(22)20-13-16-10-11-23-19(16)14-6-2-1-3-7-14/h1-9,16,19,21H,10-13H2,(H,20,22)/t16-,19+/m1/s1. The van der Waals surface area contributed by atoms with Crippen molar-refractivity contribution >= 4 is 5.91 Å². The van der Waals surface area contributed by atoms with Gasteiger partial charge in [-0.15, -0.1) is 0 Å². The number of para-hydroxylation sites is 1. The number of hydrogen-bond acceptors (Lipinski definition) is 3. The van der Waals surface area contributed by atoms with Crippen LogP contribution >= 0.6 is 0 Å². The van der Waals surface area contributed by atoms with E-state index in [0.717, 1.165) is 18.6 Å². The summed E-state index contributed by atoms with van der Waals surface area (Å²) in [6.07, 6.45) is 1.17. The van der Waals surface area contributed by atoms with Gasteiger partial charge in [-0.1, -0.05) is 48.5 Å². The van der Waals surface area contributed by atoms with E-state index in [1.807, 2.05) is 24.3 Å². The molecule has 1 aliphatic heterocycles. The Morgan fingerprint density at radius 2 is 1.87 bits per heavy atom. The number of nitrogens with one attached hydrogen (secondary N) is 1. The van der Waals surface area contributed by atoms with Gasteiger partial charge in [-0.25, -0.2) is 0 Å². The van der Waals surface area contributed by atoms with Gasteiger partial charge in [0.15, 0.2) is 0 Å². The van der Waals surface area contributed by atoms with Crippen molar-refractivity contribution in [3.63, 3.8) is 0 Å². The van der Waals surface area contributed by atoms with Crippen LogP contribution in [0.15, 0.2) is 54.6 Å². The predicted octanol–water partition coefficient (Wildman–Crippen LogP) is 2.83. The maximum atomic E-state index is 12.1. The first-order chi connectivity index (χ1) is 11.2. The molecule has 2 N–H and O–H groups in total. The van der Waals surface area contributed by atoms with Gasteiger partial charge in [0.25, 0.3) is 0 Å². The molecule has 4 heteroatoms. The summed E-state index contributed by atoms with van der Waals surface area (Å²) in [5, 5.41) is 12.7. The van der Waals surface area contributed by atoms with E-state index in [2.05, 4.69) is 17.4 Å². The zero-order chi connectivity index (χ0) is 16.1. The van der Waals surface area contributed by atoms with E-state index >= 15 is 0 Å². The van der Waals surface area contributed by atoms with Crippen molar-refractivity contribution in [1.29, 1.82) is 0 Å². The van der Waals surface area contributed by atoms with Gasteiger partial charge in [0.2, 0.25) is 5.91 Å². The van der Waals surface area contributed by atoms with Crippen molar-refractivity contribution in [1.82, 2.24) is 5.32 Å². The van der Waals surface area contributed by atoms with E-state index in [1.165, 1.54) is 0 Å². The van der Waals surface area contributed by atoms with Crippen LogP contribution in [0.1, 0.15) is 23.7 Å². The Labute approximate surface area is 136 Å². The first-order valence-corrected chi connectivity index (χ1v) is 7.94. The number of carbonyl (C=O) groups excluding carboxylic acids is 1. The smallest absolute Gasteiger partial charge is 0.224 e. The van der Waals surface area contributed by atoms with Gasteiger partial charge >= 0.3 is 0 Å². The fraction of sp³-hybridized carbons (Fsp3) is 0.316. The van der Waals surface area contributed by atoms with Crippen molar-refractivity contribution in [3.05, 3.63) is 65.7 Å². The van der Waals surface area contributed by atoms with Crippen molar-refractivity contribution in [3.8, 4) is 5.75 Å². The van der Waals surface area contributed by atoms with Crippen LogP contribution in [-0.4, -0.2) is 24.2 Å². The fourth-order valence-corrected chi connectivity index (χ4v) is 2.99. The fourth-order valence-electron chi connectivity index (χ4n) is 2.99. The third-order valence-electron chi connectivity index (χ3n) is 4.25. The Morgan fingerprint density at radius 1 is 1.13 bits per heavy atom. The normalized spacial score (nSPS) is 20.3. The highest BCUT2D eigenvalue weighted by atomic mass is 16.5. The second-order valence-electron chi connectivity index (χ2n) is 5.86. The first kappa shape index (κ1) is 15.6. The first-order valence-electron chi connectivity index (χ1n) is 7.94. The minimum absolute atomic E-state index is 0.0432. The van der Waals surface area contributed by atoms with Crippen LogP contribution in [0.3, 0.4) is 0 Å². The third kappa shape index (κ3) is 3.90. The predicted molar refractivity (Wildman–Crippen MR) is 88.1 cm³/mol. The molecule has 2 aromatic carbocycles. The van der Waals surface area contributed by atoms with E-state index < -0.39 is 0 Å². The second kappa shape index (κ2) is 7.29. The minimum Gasteiger partial charge on any atom is -0.508 e. The van der Waals surface area contributed by atoms with Gasteiger partial charge in [0.05, 0.1) is 12.5 Å². The summed E-state index contributed by atoms with van der Waals surface area (Å²) in [6.45, 7) is 1.31. The number of aromatic hydroxyl groups is 1. The van der Waals surface area contributed by atoms with Crippen LogP contribution in [0.5, 0.6) is 5.75 Å². The Hall–Kier alpha value is -2.33. The highest BCUT2D eigenvalue weighted by Gasteiger charge is 2.29. The van der Waals surface area contributed by atoms with E-state index in [-0.39, 0.29) is 30.1 Å². The number of amides is 1. The lowest BCUT2D eigenvalue weighted by molar-refractivity contribution is -0.120. The van der Waals surface area contributed by atoms with Crippen molar-refractivity contribution in [2.24, 2.45) is 5.92 Å². The lowest BCUT2D eigenvalue weighted by Crippen LogP contribution is -2.31. The molecule has 1 aliphatic rings. The number of ether oxygens (including phenoxy) is 1. The maximum absolute atomic E-state index is 12.1. The second-order valence-corrected chi connectivity index (χ2v) is 5.86. The number of benzene rings is 2. The summed E-state index contributed by atoms with van der Waals surface area (Å²) in [5.74, 6) is 0.366. The maximum Gasteiger partial charge on any atom is 0.224 e. The molecule has 2 aromatic rings. The van der Waals surface area contributed by atoms with Crippen LogP contribution in [-0.2, 0) is 16.0 Å². The zero-order valence-electron chi connectivity index (χ0n) is 12.9. The van der Waals surface area contributed by atoms with E-state index in [0.29, 0.717) is 12.1 Å². The molecule has 1 heterocycles. The molecule has 0 spiro atoms. The number of phenolic OH excluding ortho intramolecular Hbond substituents is 1. The summed E-state index contributed by atoms with van der Waals surface area (Å²) in [6, 6.07) is 17.0. The lowest BCUT2D eigenvalue weighted by atomic mass is 9.95. The van der Waals surface area contributed by atoms with Crippen molar-refractivity contribution in [2.75, 3.05) is 13.2 Å². The summed E-state index contributed by atoms with van der Waals surface area (Å²) < 4.78 is 5.83.